The quantitative estimate of drug-likeness (QED) is 0.248. The number of amides is 2. The number of thioether (sulfide) groups is 1. The van der Waals surface area contributed by atoms with Gasteiger partial charge >= 0.3 is 5.97 Å². The molecule has 0 radical (unpaired) electrons. The van der Waals surface area contributed by atoms with Crippen LogP contribution in [0.4, 0.5) is 11.4 Å². The van der Waals surface area contributed by atoms with E-state index in [9.17, 15) is 19.2 Å². The van der Waals surface area contributed by atoms with Gasteiger partial charge in [-0.3, -0.25) is 14.4 Å². The number of nitrogens with one attached hydrogen (secondary N) is 3. The zero-order chi connectivity index (χ0) is 24.4. The zero-order valence-corrected chi connectivity index (χ0v) is 20.6. The highest BCUT2D eigenvalue weighted by Crippen LogP contribution is 2.24. The summed E-state index contributed by atoms with van der Waals surface area (Å²) < 4.78 is 4.68. The lowest BCUT2D eigenvalue weighted by molar-refractivity contribution is -0.142. The Morgan fingerprint density at radius 2 is 1.30 bits per heavy atom. The van der Waals surface area contributed by atoms with E-state index in [0.29, 0.717) is 11.4 Å². The summed E-state index contributed by atoms with van der Waals surface area (Å²) in [6, 6.07) is 11.7. The number of hydrogen-bond donors (Lipinski definition) is 5. The number of para-hydroxylation sites is 2. The Bertz CT molecular complexity index is 939. The second-order valence-electron chi connectivity index (χ2n) is 6.68. The van der Waals surface area contributed by atoms with Crippen molar-refractivity contribution in [1.29, 1.82) is 0 Å². The molecule has 0 aromatic heterocycles. The molecule has 2 amide bonds. The number of methoxy groups -OCH3 is 1. The summed E-state index contributed by atoms with van der Waals surface area (Å²) >= 11 is 9.25. The molecule has 0 aliphatic rings. The largest absolute Gasteiger partial charge is 0.467 e. The molecule has 11 heteroatoms. The van der Waals surface area contributed by atoms with Crippen molar-refractivity contribution in [3.05, 3.63) is 59.7 Å². The van der Waals surface area contributed by atoms with Crippen LogP contribution in [0.5, 0.6) is 0 Å². The molecule has 0 fully saturated rings. The van der Waals surface area contributed by atoms with Crippen LogP contribution in [0.1, 0.15) is 20.7 Å². The lowest BCUT2D eigenvalue weighted by Crippen LogP contribution is -2.43. The average molecular weight is 508 g/mol. The minimum absolute atomic E-state index is 0.0675. The van der Waals surface area contributed by atoms with Crippen LogP contribution in [-0.2, 0) is 14.3 Å². The Morgan fingerprint density at radius 3 is 1.73 bits per heavy atom. The summed E-state index contributed by atoms with van der Waals surface area (Å²) in [5.41, 5.74) is 1.40. The van der Waals surface area contributed by atoms with Gasteiger partial charge in [0.15, 0.2) is 0 Å². The van der Waals surface area contributed by atoms with Gasteiger partial charge in [-0.2, -0.15) is 25.3 Å². The fourth-order valence-electron chi connectivity index (χ4n) is 2.84. The molecule has 2 atom stereocenters. The third-order valence-corrected chi connectivity index (χ3v) is 5.98. The Hall–Kier alpha value is -2.63. The summed E-state index contributed by atoms with van der Waals surface area (Å²) in [4.78, 5) is 49.5. The molecule has 8 nitrogen and oxygen atoms in total. The number of ether oxygens (including phenoxy) is 1. The molecule has 0 saturated carbocycles. The van der Waals surface area contributed by atoms with Crippen LogP contribution < -0.4 is 16.0 Å². The van der Waals surface area contributed by atoms with Crippen LogP contribution in [0, 0.1) is 0 Å². The highest BCUT2D eigenvalue weighted by Gasteiger charge is 2.23. The van der Waals surface area contributed by atoms with E-state index in [0.717, 1.165) is 11.8 Å². The molecule has 0 bridgehead atoms. The van der Waals surface area contributed by atoms with Crippen molar-refractivity contribution in [2.45, 2.75) is 12.1 Å². The van der Waals surface area contributed by atoms with E-state index in [1.165, 1.54) is 7.11 Å². The van der Waals surface area contributed by atoms with Crippen LogP contribution in [0.2, 0.25) is 0 Å². The molecule has 33 heavy (non-hydrogen) atoms. The second kappa shape index (κ2) is 13.2. The SMILES string of the molecule is COC(=O)C(CS)NC(=O)c1ccccc1Nc1ccccc1C(=O)NC(CS)C(=O)SC. The van der Waals surface area contributed by atoms with E-state index in [1.54, 1.807) is 54.8 Å². The van der Waals surface area contributed by atoms with Gasteiger partial charge in [0.1, 0.15) is 12.1 Å². The molecule has 0 saturated heterocycles. The van der Waals surface area contributed by atoms with Crippen molar-refractivity contribution in [1.82, 2.24) is 10.6 Å². The number of carbonyl (C=O) groups excluding carboxylic acids is 4. The van der Waals surface area contributed by atoms with Gasteiger partial charge in [-0.1, -0.05) is 36.0 Å². The van der Waals surface area contributed by atoms with Crippen LogP contribution in [0.15, 0.2) is 48.5 Å². The maximum absolute atomic E-state index is 12.9. The maximum atomic E-state index is 12.9. The lowest BCUT2D eigenvalue weighted by Gasteiger charge is -2.18. The molecule has 2 aromatic rings. The van der Waals surface area contributed by atoms with Crippen LogP contribution in [0.25, 0.3) is 0 Å². The van der Waals surface area contributed by atoms with E-state index in [2.05, 4.69) is 45.9 Å². The smallest absolute Gasteiger partial charge is 0.329 e. The van der Waals surface area contributed by atoms with Gasteiger partial charge in [0.2, 0.25) is 5.12 Å². The normalized spacial score (nSPS) is 12.2. The van der Waals surface area contributed by atoms with Crippen molar-refractivity contribution >= 4 is 71.3 Å². The van der Waals surface area contributed by atoms with E-state index in [4.69, 9.17) is 0 Å². The maximum Gasteiger partial charge on any atom is 0.329 e. The molecule has 0 heterocycles. The van der Waals surface area contributed by atoms with E-state index in [1.807, 2.05) is 0 Å². The average Bonchev–Trinajstić information content (AvgIpc) is 2.85. The Morgan fingerprint density at radius 1 is 0.848 bits per heavy atom. The van der Waals surface area contributed by atoms with E-state index < -0.39 is 29.9 Å². The summed E-state index contributed by atoms with van der Waals surface area (Å²) in [6.07, 6.45) is 1.64. The number of hydrogen-bond acceptors (Lipinski definition) is 9. The number of anilines is 2. The van der Waals surface area contributed by atoms with Gasteiger partial charge < -0.3 is 20.7 Å². The van der Waals surface area contributed by atoms with Crippen LogP contribution in [0.3, 0.4) is 0 Å². The van der Waals surface area contributed by atoms with Crippen molar-refractivity contribution in [2.75, 3.05) is 30.2 Å². The van der Waals surface area contributed by atoms with Gasteiger partial charge in [0.05, 0.1) is 29.6 Å². The number of carbonyl (C=O) groups is 4. The first-order valence-electron chi connectivity index (χ1n) is 9.80. The van der Waals surface area contributed by atoms with Crippen LogP contribution in [-0.4, -0.2) is 59.9 Å². The molecule has 3 N–H and O–H groups in total. The molecule has 2 aromatic carbocycles. The Balaban J connectivity index is 2.29. The first kappa shape index (κ1) is 26.6. The highest BCUT2D eigenvalue weighted by molar-refractivity contribution is 8.13. The van der Waals surface area contributed by atoms with Crippen molar-refractivity contribution in [3.63, 3.8) is 0 Å². The molecular formula is C22H25N3O5S3. The monoisotopic (exact) mass is 507 g/mol. The predicted octanol–water partition coefficient (Wildman–Crippen LogP) is 2.55. The third kappa shape index (κ3) is 7.18. The topological polar surface area (TPSA) is 114 Å². The van der Waals surface area contributed by atoms with Gasteiger partial charge in [0, 0.05) is 11.5 Å². The molecule has 0 aliphatic heterocycles. The number of benzene rings is 2. The standard InChI is InChI=1S/C22H25N3O5S3/c1-30-21(28)17(11-31)24-19(26)13-7-3-5-9-15(13)23-16-10-6-4-8-14(16)20(27)25-18(12-32)22(29)33-2/h3-10,17-18,23,31-32H,11-12H2,1-2H3,(H,24,26)(H,25,27). The molecule has 176 valence electrons. The summed E-state index contributed by atoms with van der Waals surface area (Å²) in [6.45, 7) is 0. The lowest BCUT2D eigenvalue weighted by atomic mass is 10.1. The number of thiol groups is 2. The number of rotatable bonds is 10. The fraction of sp³-hybridized carbons (Fsp3) is 0.273. The van der Waals surface area contributed by atoms with E-state index in [-0.39, 0.29) is 27.7 Å². The molecule has 2 unspecified atom stereocenters. The molecule has 0 aliphatic carbocycles. The predicted molar refractivity (Wildman–Crippen MR) is 137 cm³/mol. The molecule has 0 spiro atoms. The number of esters is 1. The first-order chi connectivity index (χ1) is 15.9. The van der Waals surface area contributed by atoms with Crippen molar-refractivity contribution < 1.29 is 23.9 Å². The van der Waals surface area contributed by atoms with Crippen molar-refractivity contribution in [2.24, 2.45) is 0 Å². The second-order valence-corrected chi connectivity index (χ2v) is 8.22. The van der Waals surface area contributed by atoms with Gasteiger partial charge in [0.25, 0.3) is 11.8 Å². The Kier molecular flexibility index (Phi) is 10.6. The van der Waals surface area contributed by atoms with Crippen LogP contribution >= 0.6 is 37.0 Å². The van der Waals surface area contributed by atoms with Gasteiger partial charge in [-0.25, -0.2) is 4.79 Å². The van der Waals surface area contributed by atoms with Gasteiger partial charge in [-0.15, -0.1) is 0 Å². The summed E-state index contributed by atoms with van der Waals surface area (Å²) in [5.74, 6) is -1.34. The minimum atomic E-state index is -0.913. The zero-order valence-electron chi connectivity index (χ0n) is 18.0. The van der Waals surface area contributed by atoms with E-state index >= 15 is 0 Å². The minimum Gasteiger partial charge on any atom is -0.467 e. The third-order valence-electron chi connectivity index (χ3n) is 4.56. The van der Waals surface area contributed by atoms with Gasteiger partial charge in [-0.05, 0) is 30.5 Å². The van der Waals surface area contributed by atoms with Crippen molar-refractivity contribution in [3.8, 4) is 0 Å². The highest BCUT2D eigenvalue weighted by atomic mass is 32.2. The summed E-state index contributed by atoms with van der Waals surface area (Å²) in [7, 11) is 1.23. The fourth-order valence-corrected chi connectivity index (χ4v) is 3.89. The summed E-state index contributed by atoms with van der Waals surface area (Å²) in [5, 5.41) is 8.18. The first-order valence-corrected chi connectivity index (χ1v) is 12.3. The molecular weight excluding hydrogens is 482 g/mol. The Labute approximate surface area is 207 Å². The molecule has 2 rings (SSSR count).